The van der Waals surface area contributed by atoms with Crippen molar-refractivity contribution in [1.82, 2.24) is 9.78 Å². The number of aryl methyl sites for hydroxylation is 1. The second kappa shape index (κ2) is 5.88. The zero-order valence-electron chi connectivity index (χ0n) is 10.7. The third-order valence-electron chi connectivity index (χ3n) is 2.77. The Hall–Kier alpha value is -1.82. The van der Waals surface area contributed by atoms with E-state index in [1.807, 2.05) is 25.2 Å². The minimum absolute atomic E-state index is 0.365. The molecule has 1 N–H and O–H groups in total. The van der Waals surface area contributed by atoms with Crippen LogP contribution >= 0.6 is 15.9 Å². The van der Waals surface area contributed by atoms with E-state index >= 15 is 0 Å². The van der Waals surface area contributed by atoms with Crippen LogP contribution in [0.4, 0.5) is 5.69 Å². The number of nitrogens with one attached hydrogen (secondary N) is 1. The largest absolute Gasteiger partial charge is 0.465 e. The smallest absolute Gasteiger partial charge is 0.339 e. The van der Waals surface area contributed by atoms with E-state index in [9.17, 15) is 4.79 Å². The first-order valence-electron chi connectivity index (χ1n) is 5.70. The molecule has 0 atom stereocenters. The number of halogens is 1. The topological polar surface area (TPSA) is 56.1 Å². The Morgan fingerprint density at radius 3 is 2.89 bits per heavy atom. The molecule has 0 aliphatic heterocycles. The van der Waals surface area contributed by atoms with Crippen molar-refractivity contribution in [2.45, 2.75) is 6.54 Å². The summed E-state index contributed by atoms with van der Waals surface area (Å²) in [6.45, 7) is 0.638. The monoisotopic (exact) mass is 323 g/mol. The number of rotatable bonds is 4. The Bertz CT molecular complexity index is 595. The summed E-state index contributed by atoms with van der Waals surface area (Å²) in [5.74, 6) is -0.365. The van der Waals surface area contributed by atoms with Crippen molar-refractivity contribution in [2.24, 2.45) is 7.05 Å². The van der Waals surface area contributed by atoms with Gasteiger partial charge in [-0.3, -0.25) is 4.68 Å². The summed E-state index contributed by atoms with van der Waals surface area (Å²) in [5, 5.41) is 7.34. The van der Waals surface area contributed by atoms with Crippen molar-refractivity contribution in [2.75, 3.05) is 12.4 Å². The lowest BCUT2D eigenvalue weighted by atomic mass is 10.2. The molecule has 19 heavy (non-hydrogen) atoms. The van der Waals surface area contributed by atoms with Crippen LogP contribution in [0, 0.1) is 0 Å². The molecule has 2 rings (SSSR count). The molecular weight excluding hydrogens is 310 g/mol. The van der Waals surface area contributed by atoms with Gasteiger partial charge in [-0.15, -0.1) is 0 Å². The SMILES string of the molecule is COC(=O)c1cc(NCc2ccnn2C)ccc1Br. The fraction of sp³-hybridized carbons (Fsp3) is 0.231. The zero-order chi connectivity index (χ0) is 13.8. The van der Waals surface area contributed by atoms with Gasteiger partial charge >= 0.3 is 5.97 Å². The summed E-state index contributed by atoms with van der Waals surface area (Å²) in [4.78, 5) is 11.6. The number of hydrogen-bond donors (Lipinski definition) is 1. The summed E-state index contributed by atoms with van der Waals surface area (Å²) < 4.78 is 7.24. The molecule has 6 heteroatoms. The van der Waals surface area contributed by atoms with Crippen LogP contribution in [-0.4, -0.2) is 22.9 Å². The first kappa shape index (κ1) is 13.6. The van der Waals surface area contributed by atoms with E-state index in [0.29, 0.717) is 16.6 Å². The van der Waals surface area contributed by atoms with Gasteiger partial charge in [-0.05, 0) is 40.2 Å². The maximum atomic E-state index is 11.6. The van der Waals surface area contributed by atoms with Gasteiger partial charge in [-0.25, -0.2) is 4.79 Å². The molecule has 0 unspecified atom stereocenters. The quantitative estimate of drug-likeness (QED) is 0.879. The molecule has 1 heterocycles. The van der Waals surface area contributed by atoms with E-state index in [1.54, 1.807) is 16.9 Å². The van der Waals surface area contributed by atoms with E-state index in [0.717, 1.165) is 11.4 Å². The first-order valence-corrected chi connectivity index (χ1v) is 6.49. The van der Waals surface area contributed by atoms with Gasteiger partial charge in [0.1, 0.15) is 0 Å². The number of carbonyl (C=O) groups excluding carboxylic acids is 1. The summed E-state index contributed by atoms with van der Waals surface area (Å²) in [7, 11) is 3.25. The molecule has 0 amide bonds. The Morgan fingerprint density at radius 2 is 2.26 bits per heavy atom. The number of nitrogens with zero attached hydrogens (tertiary/aromatic N) is 2. The molecule has 0 spiro atoms. The lowest BCUT2D eigenvalue weighted by Crippen LogP contribution is -2.07. The van der Waals surface area contributed by atoms with Gasteiger partial charge < -0.3 is 10.1 Å². The van der Waals surface area contributed by atoms with Crippen LogP contribution in [0.15, 0.2) is 34.9 Å². The van der Waals surface area contributed by atoms with Gasteiger partial charge in [-0.1, -0.05) is 0 Å². The highest BCUT2D eigenvalue weighted by molar-refractivity contribution is 9.10. The van der Waals surface area contributed by atoms with Gasteiger partial charge in [0, 0.05) is 23.4 Å². The van der Waals surface area contributed by atoms with Crippen LogP contribution in [0.1, 0.15) is 16.1 Å². The van der Waals surface area contributed by atoms with E-state index < -0.39 is 0 Å². The zero-order valence-corrected chi connectivity index (χ0v) is 12.3. The molecule has 1 aromatic carbocycles. The number of carbonyl (C=O) groups is 1. The standard InChI is InChI=1S/C13H14BrN3O2/c1-17-10(5-6-16-17)8-15-9-3-4-12(14)11(7-9)13(18)19-2/h3-7,15H,8H2,1-2H3. The molecule has 0 fully saturated rings. The highest BCUT2D eigenvalue weighted by Gasteiger charge is 2.11. The predicted molar refractivity (Wildman–Crippen MR) is 76.0 cm³/mol. The van der Waals surface area contributed by atoms with Crippen molar-refractivity contribution in [3.63, 3.8) is 0 Å². The molecular formula is C13H14BrN3O2. The maximum absolute atomic E-state index is 11.6. The van der Waals surface area contributed by atoms with Crippen LogP contribution in [0.5, 0.6) is 0 Å². The Labute approximate surface area is 119 Å². The van der Waals surface area contributed by atoms with Crippen LogP contribution in [0.25, 0.3) is 0 Å². The molecule has 0 radical (unpaired) electrons. The molecule has 2 aromatic rings. The first-order chi connectivity index (χ1) is 9.11. The summed E-state index contributed by atoms with van der Waals surface area (Å²) in [6, 6.07) is 7.41. The highest BCUT2D eigenvalue weighted by atomic mass is 79.9. The van der Waals surface area contributed by atoms with Gasteiger partial charge in [0.15, 0.2) is 0 Å². The third kappa shape index (κ3) is 3.14. The second-order valence-electron chi connectivity index (χ2n) is 3.99. The fourth-order valence-corrected chi connectivity index (χ4v) is 2.08. The summed E-state index contributed by atoms with van der Waals surface area (Å²) >= 11 is 3.33. The van der Waals surface area contributed by atoms with E-state index in [-0.39, 0.29) is 5.97 Å². The summed E-state index contributed by atoms with van der Waals surface area (Å²) in [5.41, 5.74) is 2.41. The lowest BCUT2D eigenvalue weighted by molar-refractivity contribution is 0.0600. The fourth-order valence-electron chi connectivity index (χ4n) is 1.67. The Kier molecular flexibility index (Phi) is 4.21. The minimum Gasteiger partial charge on any atom is -0.465 e. The molecule has 0 bridgehead atoms. The maximum Gasteiger partial charge on any atom is 0.339 e. The molecule has 0 aliphatic rings. The van der Waals surface area contributed by atoms with Crippen molar-refractivity contribution in [1.29, 1.82) is 0 Å². The minimum atomic E-state index is -0.365. The average molecular weight is 324 g/mol. The van der Waals surface area contributed by atoms with Crippen molar-refractivity contribution in [3.8, 4) is 0 Å². The van der Waals surface area contributed by atoms with Crippen molar-refractivity contribution < 1.29 is 9.53 Å². The number of aromatic nitrogens is 2. The molecule has 1 aromatic heterocycles. The van der Waals surface area contributed by atoms with Crippen molar-refractivity contribution >= 4 is 27.6 Å². The van der Waals surface area contributed by atoms with Gasteiger partial charge in [0.05, 0.1) is 24.9 Å². The summed E-state index contributed by atoms with van der Waals surface area (Å²) in [6.07, 6.45) is 1.75. The van der Waals surface area contributed by atoms with Crippen LogP contribution < -0.4 is 5.32 Å². The molecule has 0 aliphatic carbocycles. The molecule has 0 saturated heterocycles. The Balaban J connectivity index is 2.13. The molecule has 0 saturated carbocycles. The van der Waals surface area contributed by atoms with Crippen LogP contribution in [0.2, 0.25) is 0 Å². The van der Waals surface area contributed by atoms with E-state index in [4.69, 9.17) is 4.74 Å². The number of benzene rings is 1. The van der Waals surface area contributed by atoms with Crippen LogP contribution in [-0.2, 0) is 18.3 Å². The molecule has 5 nitrogen and oxygen atoms in total. The van der Waals surface area contributed by atoms with Crippen molar-refractivity contribution in [3.05, 3.63) is 46.2 Å². The van der Waals surface area contributed by atoms with Gasteiger partial charge in [0.25, 0.3) is 0 Å². The highest BCUT2D eigenvalue weighted by Crippen LogP contribution is 2.22. The predicted octanol–water partition coefficient (Wildman–Crippen LogP) is 2.58. The Morgan fingerprint density at radius 1 is 1.47 bits per heavy atom. The van der Waals surface area contributed by atoms with E-state index in [2.05, 4.69) is 26.3 Å². The number of esters is 1. The van der Waals surface area contributed by atoms with Gasteiger partial charge in [0.2, 0.25) is 0 Å². The van der Waals surface area contributed by atoms with Gasteiger partial charge in [-0.2, -0.15) is 5.10 Å². The normalized spacial score (nSPS) is 10.3. The molecule has 100 valence electrons. The van der Waals surface area contributed by atoms with Crippen LogP contribution in [0.3, 0.4) is 0 Å². The van der Waals surface area contributed by atoms with E-state index in [1.165, 1.54) is 7.11 Å². The second-order valence-corrected chi connectivity index (χ2v) is 4.84. The number of hydrogen-bond acceptors (Lipinski definition) is 4. The number of ether oxygens (including phenoxy) is 1. The third-order valence-corrected chi connectivity index (χ3v) is 3.46. The lowest BCUT2D eigenvalue weighted by Gasteiger charge is -2.09. The average Bonchev–Trinajstić information content (AvgIpc) is 2.82. The number of anilines is 1. The number of methoxy groups -OCH3 is 1.